The predicted molar refractivity (Wildman–Crippen MR) is 200 cm³/mol. The molecule has 0 radical (unpaired) electrons. The Labute approximate surface area is 323 Å². The minimum atomic E-state index is -4.45. The second-order valence-electron chi connectivity index (χ2n) is 15.4. The van der Waals surface area contributed by atoms with E-state index in [4.69, 9.17) is 32.7 Å². The van der Waals surface area contributed by atoms with Gasteiger partial charge in [0.2, 0.25) is 0 Å². The van der Waals surface area contributed by atoms with Crippen LogP contribution in [-0.2, 0) is 37.6 Å². The van der Waals surface area contributed by atoms with Crippen molar-refractivity contribution in [2.24, 2.45) is 0 Å². The zero-order valence-corrected chi connectivity index (χ0v) is 34.7. The fourth-order valence-corrected chi connectivity index (χ4v) is 7.72. The van der Waals surface area contributed by atoms with Crippen molar-refractivity contribution in [2.45, 2.75) is 122 Å². The maximum Gasteiger partial charge on any atom is 0.509 e. The number of anilines is 1. The van der Waals surface area contributed by atoms with Crippen LogP contribution in [0.4, 0.5) is 24.6 Å². The highest BCUT2D eigenvalue weighted by molar-refractivity contribution is 8.00. The number of halogens is 1. The number of amides is 2. The number of carbonyl (C=O) groups excluding carboxylic acids is 4. The molecule has 1 fully saturated rings. The van der Waals surface area contributed by atoms with Crippen LogP contribution in [0.3, 0.4) is 0 Å². The molecule has 17 nitrogen and oxygen atoms in total. The first-order valence-electron chi connectivity index (χ1n) is 17.1. The summed E-state index contributed by atoms with van der Waals surface area (Å²) in [5.74, 6) is -1.14. The molecule has 2 heterocycles. The first kappa shape index (κ1) is 45.2. The van der Waals surface area contributed by atoms with Gasteiger partial charge in [-0.15, -0.1) is 11.8 Å². The number of imide groups is 1. The van der Waals surface area contributed by atoms with Crippen LogP contribution in [0.5, 0.6) is 5.75 Å². The van der Waals surface area contributed by atoms with E-state index in [1.165, 1.54) is 19.1 Å². The van der Waals surface area contributed by atoms with E-state index < -0.39 is 95.9 Å². The molecule has 1 saturated heterocycles. The van der Waals surface area contributed by atoms with Crippen molar-refractivity contribution in [3.8, 4) is 5.75 Å². The number of hydrogen-bond donors (Lipinski definition) is 1. The molecule has 0 spiro atoms. The Morgan fingerprint density at radius 3 is 1.98 bits per heavy atom. The van der Waals surface area contributed by atoms with Crippen molar-refractivity contribution in [3.63, 3.8) is 0 Å². The number of thioether (sulfide) groups is 1. The molecule has 0 saturated carbocycles. The van der Waals surface area contributed by atoms with E-state index in [1.54, 1.807) is 74.4 Å². The van der Waals surface area contributed by atoms with Crippen LogP contribution in [0.25, 0.3) is 0 Å². The first-order valence-corrected chi connectivity index (χ1v) is 19.6. The second kappa shape index (κ2) is 17.7. The highest BCUT2D eigenvalue weighted by atomic mass is 32.2. The molecule has 1 N–H and O–H groups in total. The third kappa shape index (κ3) is 13.5. The molecule has 1 aromatic carbocycles. The average Bonchev–Trinajstić information content (AvgIpc) is 3.32. The van der Waals surface area contributed by atoms with Gasteiger partial charge in [0.25, 0.3) is 0 Å². The molecule has 2 unspecified atom stereocenters. The molecule has 306 valence electrons. The number of nitrogens with one attached hydrogen (secondary N) is 1. The predicted octanol–water partition coefficient (Wildman–Crippen LogP) is 6.86. The van der Waals surface area contributed by atoms with Gasteiger partial charge >= 0.3 is 37.7 Å². The second-order valence-corrected chi connectivity index (χ2v) is 18.5. The van der Waals surface area contributed by atoms with Crippen molar-refractivity contribution in [2.75, 3.05) is 18.6 Å². The van der Waals surface area contributed by atoms with Gasteiger partial charge < -0.3 is 28.2 Å². The number of hydrogen-bond acceptors (Lipinski definition) is 15. The molecule has 0 aliphatic carbocycles. The summed E-state index contributed by atoms with van der Waals surface area (Å²) < 4.78 is 69.0. The van der Waals surface area contributed by atoms with E-state index in [0.717, 1.165) is 41.3 Å². The molecule has 1 aliphatic rings. The van der Waals surface area contributed by atoms with E-state index in [-0.39, 0.29) is 5.75 Å². The Kier molecular flexibility index (Phi) is 14.6. The maximum absolute atomic E-state index is 16.5. The monoisotopic (exact) mass is 816 g/mol. The molecule has 55 heavy (non-hydrogen) atoms. The van der Waals surface area contributed by atoms with E-state index in [1.807, 2.05) is 6.92 Å². The van der Waals surface area contributed by atoms with E-state index in [9.17, 15) is 28.5 Å². The normalized spacial score (nSPS) is 20.4. The number of alkyl halides is 1. The fraction of sp³-hybridized carbons (Fsp3) is 0.600. The number of esters is 1. The molecule has 0 bridgehead atoms. The molecule has 1 aromatic heterocycles. The first-order chi connectivity index (χ1) is 25.2. The van der Waals surface area contributed by atoms with E-state index in [2.05, 4.69) is 10.1 Å². The third-order valence-electron chi connectivity index (χ3n) is 6.92. The van der Waals surface area contributed by atoms with Crippen LogP contribution in [-0.4, -0.2) is 87.9 Å². The summed E-state index contributed by atoms with van der Waals surface area (Å²) in [6, 6.07) is 6.36. The van der Waals surface area contributed by atoms with Crippen molar-refractivity contribution in [3.05, 3.63) is 52.6 Å². The van der Waals surface area contributed by atoms with Crippen molar-refractivity contribution >= 4 is 49.6 Å². The van der Waals surface area contributed by atoms with Crippen LogP contribution >= 0.6 is 19.5 Å². The van der Waals surface area contributed by atoms with Crippen LogP contribution in [0.1, 0.15) is 80.2 Å². The highest BCUT2D eigenvalue weighted by Gasteiger charge is 2.50. The quantitative estimate of drug-likeness (QED) is 0.140. The topological polar surface area (TPSA) is 200 Å². The molecule has 20 heteroatoms. The lowest BCUT2D eigenvalue weighted by atomic mass is 10.1. The summed E-state index contributed by atoms with van der Waals surface area (Å²) in [6.45, 7) is 16.7. The molecular weight excluding hydrogens is 766 g/mol. The smallest absolute Gasteiger partial charge is 0.468 e. The lowest BCUT2D eigenvalue weighted by Crippen LogP contribution is -2.45. The van der Waals surface area contributed by atoms with Crippen LogP contribution in [0, 0.1) is 6.92 Å². The van der Waals surface area contributed by atoms with Gasteiger partial charge in [-0.2, -0.15) is 15.0 Å². The Bertz CT molecular complexity index is 1780. The third-order valence-corrected chi connectivity index (χ3v) is 10.1. The molecule has 6 atom stereocenters. The zero-order chi connectivity index (χ0) is 41.7. The molecular formula is C35H50FN4O13PS. The van der Waals surface area contributed by atoms with Gasteiger partial charge in [0, 0.05) is 6.20 Å². The lowest BCUT2D eigenvalue weighted by molar-refractivity contribution is -0.142. The van der Waals surface area contributed by atoms with E-state index in [0.29, 0.717) is 4.90 Å². The maximum atomic E-state index is 16.5. The molecule has 2 amide bonds. The summed E-state index contributed by atoms with van der Waals surface area (Å²) in [4.78, 5) is 69.2. The summed E-state index contributed by atoms with van der Waals surface area (Å²) >= 11 is 0.773. The summed E-state index contributed by atoms with van der Waals surface area (Å²) in [7, 11) is -3.31. The van der Waals surface area contributed by atoms with Crippen molar-refractivity contribution < 1.29 is 60.9 Å². The number of carbonyl (C=O) groups is 4. The van der Waals surface area contributed by atoms with Crippen LogP contribution in [0.2, 0.25) is 0 Å². The minimum Gasteiger partial charge on any atom is -0.468 e. The Morgan fingerprint density at radius 2 is 1.49 bits per heavy atom. The summed E-state index contributed by atoms with van der Waals surface area (Å²) in [5.41, 5.74) is -3.33. The van der Waals surface area contributed by atoms with Gasteiger partial charge in [-0.05, 0) is 94.4 Å². The van der Waals surface area contributed by atoms with Crippen LogP contribution in [0.15, 0.2) is 41.3 Å². The number of aromatic nitrogens is 2. The average molecular weight is 817 g/mol. The summed E-state index contributed by atoms with van der Waals surface area (Å²) in [5, 5.41) is -0.102. The summed E-state index contributed by atoms with van der Waals surface area (Å²) in [6.07, 6.45) is -6.27. The van der Waals surface area contributed by atoms with Gasteiger partial charge in [-0.1, -0.05) is 17.7 Å². The van der Waals surface area contributed by atoms with Gasteiger partial charge in [-0.3, -0.25) is 13.9 Å². The Balaban J connectivity index is 2.00. The SMILES string of the molecule is COC(=O)C(C)NP(=O)(OC[C@H]1S[C@@H](n2ccc(N(C(=O)OC(C)(C)C)C(=O)OC(C)(C)C)nc2=O)[C@@H](F)[C@@H]1OC(=O)OC(C)(C)C)Oc1ccc(C)cc1. The molecule has 3 rings (SSSR count). The van der Waals surface area contributed by atoms with Gasteiger partial charge in [0.1, 0.15) is 34.0 Å². The number of nitrogens with zero attached hydrogens (tertiary/aromatic N) is 3. The number of rotatable bonds is 11. The fourth-order valence-electron chi connectivity index (χ4n) is 4.64. The van der Waals surface area contributed by atoms with Crippen LogP contribution < -0.4 is 20.2 Å². The number of aryl methyl sites for hydroxylation is 1. The van der Waals surface area contributed by atoms with Crippen molar-refractivity contribution in [1.29, 1.82) is 0 Å². The van der Waals surface area contributed by atoms with Crippen molar-refractivity contribution in [1.82, 2.24) is 14.6 Å². The van der Waals surface area contributed by atoms with E-state index >= 15 is 4.39 Å². The minimum absolute atomic E-state index is 0.116. The number of ether oxygens (including phenoxy) is 5. The standard InChI is InChI=1S/C35H50FN4O13PS/c1-20-13-15-22(16-14-20)53-54(46,38-21(2)28(41)47-12)48-19-23-26(49-32(45)52-35(9,10)11)25(36)27(55-23)39-18-17-24(37-29(39)42)40(30(43)50-33(3,4)5)31(44)51-34(6,7)8/h13-18,21,23,25-27H,19H2,1-12H3,(H,38,46)/t21?,23-,25+,26-,27-,54?/m1/s1. The number of methoxy groups -OCH3 is 1. The molecule has 1 aliphatic heterocycles. The Hall–Kier alpha value is -4.19. The zero-order valence-electron chi connectivity index (χ0n) is 32.9. The Morgan fingerprint density at radius 1 is 0.945 bits per heavy atom. The van der Waals surface area contributed by atoms with Gasteiger partial charge in [-0.25, -0.2) is 28.1 Å². The molecule has 2 aromatic rings. The number of benzene rings is 1. The largest absolute Gasteiger partial charge is 0.509 e. The van der Waals surface area contributed by atoms with Gasteiger partial charge in [0.15, 0.2) is 18.1 Å². The van der Waals surface area contributed by atoms with Gasteiger partial charge in [0.05, 0.1) is 19.0 Å². The lowest BCUT2D eigenvalue weighted by Gasteiger charge is -2.28. The highest BCUT2D eigenvalue weighted by Crippen LogP contribution is 2.50.